The highest BCUT2D eigenvalue weighted by atomic mass is 35.5. The van der Waals surface area contributed by atoms with Gasteiger partial charge in [0.05, 0.1) is 12.1 Å². The number of anilines is 1. The first-order chi connectivity index (χ1) is 12.8. The van der Waals surface area contributed by atoms with Crippen molar-refractivity contribution < 1.29 is 14.3 Å². The van der Waals surface area contributed by atoms with Crippen LogP contribution in [0.15, 0.2) is 48.5 Å². The number of rotatable bonds is 5. The lowest BCUT2D eigenvalue weighted by molar-refractivity contribution is -0.118. The fourth-order valence-corrected chi connectivity index (χ4v) is 3.50. The summed E-state index contributed by atoms with van der Waals surface area (Å²) in [4.78, 5) is 12.6. The number of benzene rings is 2. The smallest absolute Gasteiger partial charge is 0.241 e. The fourth-order valence-electron chi connectivity index (χ4n) is 3.50. The number of ether oxygens (including phenoxy) is 2. The zero-order chi connectivity index (χ0) is 17.8. The molecule has 2 heterocycles. The molecule has 2 unspecified atom stereocenters. The predicted octanol–water partition coefficient (Wildman–Crippen LogP) is 3.32. The Morgan fingerprint density at radius 2 is 2.04 bits per heavy atom. The van der Waals surface area contributed by atoms with E-state index in [-0.39, 0.29) is 30.5 Å². The minimum absolute atomic E-state index is 0. The van der Waals surface area contributed by atoms with Crippen molar-refractivity contribution in [3.63, 3.8) is 0 Å². The van der Waals surface area contributed by atoms with Crippen LogP contribution in [0, 0.1) is 0 Å². The molecule has 2 aliphatic rings. The van der Waals surface area contributed by atoms with Gasteiger partial charge in [-0.1, -0.05) is 30.3 Å². The molecule has 2 aromatic carbocycles. The number of carbonyl (C=O) groups is 1. The molecule has 1 saturated heterocycles. The second-order valence-corrected chi connectivity index (χ2v) is 6.87. The van der Waals surface area contributed by atoms with Crippen LogP contribution in [0.5, 0.6) is 5.75 Å². The van der Waals surface area contributed by atoms with Crippen molar-refractivity contribution in [3.8, 4) is 5.75 Å². The molecule has 1 amide bonds. The largest absolute Gasteiger partial charge is 0.491 e. The van der Waals surface area contributed by atoms with E-state index in [1.54, 1.807) is 0 Å². The van der Waals surface area contributed by atoms with Crippen molar-refractivity contribution >= 4 is 24.0 Å². The van der Waals surface area contributed by atoms with Gasteiger partial charge in [0.25, 0.3) is 0 Å². The van der Waals surface area contributed by atoms with Gasteiger partial charge in [-0.05, 0) is 42.5 Å². The minimum Gasteiger partial charge on any atom is -0.491 e. The van der Waals surface area contributed by atoms with Gasteiger partial charge >= 0.3 is 0 Å². The highest BCUT2D eigenvalue weighted by Crippen LogP contribution is 2.21. The Morgan fingerprint density at radius 3 is 2.85 bits per heavy atom. The van der Waals surface area contributed by atoms with E-state index in [1.165, 1.54) is 11.1 Å². The van der Waals surface area contributed by atoms with E-state index in [1.807, 2.05) is 36.4 Å². The van der Waals surface area contributed by atoms with Crippen LogP contribution in [0.25, 0.3) is 0 Å². The van der Waals surface area contributed by atoms with Crippen molar-refractivity contribution in [2.75, 3.05) is 18.5 Å². The summed E-state index contributed by atoms with van der Waals surface area (Å²) in [6.07, 6.45) is 3.03. The molecular formula is C21H25ClN2O3. The molecule has 2 N–H and O–H groups in total. The number of nitrogens with one attached hydrogen (secondary N) is 2. The highest BCUT2D eigenvalue weighted by molar-refractivity contribution is 5.95. The molecule has 0 aromatic heterocycles. The quantitative estimate of drug-likeness (QED) is 0.824. The molecule has 0 saturated carbocycles. The van der Waals surface area contributed by atoms with Gasteiger partial charge in [-0.25, -0.2) is 0 Å². The van der Waals surface area contributed by atoms with Crippen LogP contribution in [-0.4, -0.2) is 31.3 Å². The topological polar surface area (TPSA) is 59.6 Å². The molecule has 6 heteroatoms. The Morgan fingerprint density at radius 1 is 1.19 bits per heavy atom. The fraction of sp³-hybridized carbons (Fsp3) is 0.381. The van der Waals surface area contributed by atoms with E-state index >= 15 is 0 Å². The summed E-state index contributed by atoms with van der Waals surface area (Å²) in [6, 6.07) is 15.6. The third kappa shape index (κ3) is 5.01. The second kappa shape index (κ2) is 9.22. The van der Waals surface area contributed by atoms with Crippen LogP contribution in [0.3, 0.4) is 0 Å². The number of hydrogen-bond donors (Lipinski definition) is 2. The average molecular weight is 389 g/mol. The standard InChI is InChI=1S/C21H24N2O3.ClH/c24-21(20-11-15-5-1-2-6-16(15)13-22-20)23-17-7-3-8-18(12-17)26-14-19-9-4-10-25-19;/h1-3,5-8,12,19-20,22H,4,9-11,13-14H2,(H,23,24);1H. The van der Waals surface area contributed by atoms with E-state index in [0.29, 0.717) is 13.0 Å². The van der Waals surface area contributed by atoms with E-state index in [2.05, 4.69) is 22.8 Å². The molecule has 0 spiro atoms. The van der Waals surface area contributed by atoms with Crippen molar-refractivity contribution in [2.24, 2.45) is 0 Å². The van der Waals surface area contributed by atoms with Crippen molar-refractivity contribution in [1.29, 1.82) is 0 Å². The maximum atomic E-state index is 12.6. The van der Waals surface area contributed by atoms with Crippen LogP contribution >= 0.6 is 12.4 Å². The summed E-state index contributed by atoms with van der Waals surface area (Å²) >= 11 is 0. The first kappa shape index (κ1) is 19.7. The third-order valence-corrected chi connectivity index (χ3v) is 4.96. The summed E-state index contributed by atoms with van der Waals surface area (Å²) in [6.45, 7) is 2.10. The molecule has 4 rings (SSSR count). The lowest BCUT2D eigenvalue weighted by atomic mass is 9.95. The van der Waals surface area contributed by atoms with Crippen molar-refractivity contribution in [1.82, 2.24) is 5.32 Å². The van der Waals surface area contributed by atoms with Crippen molar-refractivity contribution in [2.45, 2.75) is 38.0 Å². The monoisotopic (exact) mass is 388 g/mol. The van der Waals surface area contributed by atoms with Gasteiger partial charge in [-0.2, -0.15) is 0 Å². The maximum Gasteiger partial charge on any atom is 0.241 e. The lowest BCUT2D eigenvalue weighted by Crippen LogP contribution is -2.44. The molecule has 2 aliphatic heterocycles. The predicted molar refractivity (Wildman–Crippen MR) is 108 cm³/mol. The summed E-state index contributed by atoms with van der Waals surface area (Å²) in [7, 11) is 0. The molecule has 2 atom stereocenters. The molecule has 1 fully saturated rings. The van der Waals surface area contributed by atoms with Crippen LogP contribution in [0.1, 0.15) is 24.0 Å². The van der Waals surface area contributed by atoms with E-state index < -0.39 is 0 Å². The zero-order valence-corrected chi connectivity index (χ0v) is 16.0. The summed E-state index contributed by atoms with van der Waals surface area (Å²) in [5.74, 6) is 0.732. The average Bonchev–Trinajstić information content (AvgIpc) is 3.20. The molecule has 0 aliphatic carbocycles. The van der Waals surface area contributed by atoms with Crippen molar-refractivity contribution in [3.05, 3.63) is 59.7 Å². The summed E-state index contributed by atoms with van der Waals surface area (Å²) in [5.41, 5.74) is 3.25. The third-order valence-electron chi connectivity index (χ3n) is 4.96. The molecule has 27 heavy (non-hydrogen) atoms. The van der Waals surface area contributed by atoms with E-state index in [4.69, 9.17) is 9.47 Å². The van der Waals surface area contributed by atoms with Gasteiger partial charge in [0.2, 0.25) is 5.91 Å². The Labute approximate surface area is 165 Å². The summed E-state index contributed by atoms with van der Waals surface area (Å²) in [5, 5.41) is 6.31. The maximum absolute atomic E-state index is 12.6. The van der Waals surface area contributed by atoms with Gasteiger partial charge < -0.3 is 20.1 Å². The number of carbonyl (C=O) groups excluding carboxylic acids is 1. The second-order valence-electron chi connectivity index (χ2n) is 6.87. The van der Waals surface area contributed by atoms with Gasteiger partial charge in [0.15, 0.2) is 0 Å². The normalized spacial score (nSPS) is 21.0. The van der Waals surface area contributed by atoms with Crippen LogP contribution in [-0.2, 0) is 22.5 Å². The first-order valence-electron chi connectivity index (χ1n) is 9.23. The number of halogens is 1. The molecule has 2 aromatic rings. The molecule has 5 nitrogen and oxygen atoms in total. The molecule has 0 bridgehead atoms. The van der Waals surface area contributed by atoms with Gasteiger partial charge in [0, 0.05) is 24.9 Å². The Kier molecular flexibility index (Phi) is 6.72. The molecule has 0 radical (unpaired) electrons. The zero-order valence-electron chi connectivity index (χ0n) is 15.1. The SMILES string of the molecule is Cl.O=C(Nc1cccc(OCC2CCCO2)c1)C1Cc2ccccc2CN1. The van der Waals surface area contributed by atoms with Crippen LogP contribution in [0.4, 0.5) is 5.69 Å². The van der Waals surface area contributed by atoms with Gasteiger partial charge in [-0.3, -0.25) is 4.79 Å². The highest BCUT2D eigenvalue weighted by Gasteiger charge is 2.24. The number of hydrogen-bond acceptors (Lipinski definition) is 4. The molecule has 144 valence electrons. The van der Waals surface area contributed by atoms with E-state index in [0.717, 1.165) is 37.4 Å². The Balaban J connectivity index is 0.00000210. The Bertz CT molecular complexity index is 778. The Hall–Kier alpha value is -2.08. The van der Waals surface area contributed by atoms with Gasteiger partial charge in [0.1, 0.15) is 12.4 Å². The summed E-state index contributed by atoms with van der Waals surface area (Å²) < 4.78 is 11.4. The lowest BCUT2D eigenvalue weighted by Gasteiger charge is -2.25. The number of amides is 1. The van der Waals surface area contributed by atoms with E-state index in [9.17, 15) is 4.79 Å². The minimum atomic E-state index is -0.221. The first-order valence-corrected chi connectivity index (χ1v) is 9.23. The van der Waals surface area contributed by atoms with Crippen LogP contribution < -0.4 is 15.4 Å². The number of fused-ring (bicyclic) bond motifs is 1. The van der Waals surface area contributed by atoms with Gasteiger partial charge in [-0.15, -0.1) is 12.4 Å². The van der Waals surface area contributed by atoms with Crippen LogP contribution in [0.2, 0.25) is 0 Å². The molecular weight excluding hydrogens is 364 g/mol.